The van der Waals surface area contributed by atoms with Crippen molar-refractivity contribution in [1.29, 1.82) is 0 Å². The number of rotatable bonds is 6. The molecule has 0 aliphatic heterocycles. The van der Waals surface area contributed by atoms with Crippen LogP contribution in [0.15, 0.2) is 10.2 Å². The topological polar surface area (TPSA) is 76.8 Å². The first-order valence-electron chi connectivity index (χ1n) is 3.65. The number of azo groups is 1. The van der Waals surface area contributed by atoms with Gasteiger partial charge in [0.15, 0.2) is 0 Å². The van der Waals surface area contributed by atoms with Crippen molar-refractivity contribution in [2.45, 2.75) is 12.8 Å². The molecular weight excluding hydrogens is 199 g/mol. The van der Waals surface area contributed by atoms with E-state index in [-0.39, 0.29) is 24.8 Å². The molecule has 6 heteroatoms. The van der Waals surface area contributed by atoms with Crippen LogP contribution >= 0.6 is 24.8 Å². The third kappa shape index (κ3) is 16.6. The van der Waals surface area contributed by atoms with Crippen LogP contribution in [0, 0.1) is 0 Å². The Hall–Kier alpha value is 0.1000. The summed E-state index contributed by atoms with van der Waals surface area (Å²) in [5.41, 5.74) is 10.5. The molecule has 0 saturated carbocycles. The van der Waals surface area contributed by atoms with E-state index >= 15 is 0 Å². The van der Waals surface area contributed by atoms with E-state index in [9.17, 15) is 0 Å². The number of nitrogens with two attached hydrogens (primary N) is 2. The minimum absolute atomic E-state index is 0. The molecule has 0 amide bonds. The second kappa shape index (κ2) is 17.3. The number of hydrogen-bond donors (Lipinski definition) is 2. The molecular formula is C6H18Cl2N4. The highest BCUT2D eigenvalue weighted by Crippen LogP contribution is 1.82. The van der Waals surface area contributed by atoms with Gasteiger partial charge in [-0.3, -0.25) is 0 Å². The van der Waals surface area contributed by atoms with E-state index in [1.807, 2.05) is 0 Å². The van der Waals surface area contributed by atoms with Crippen LogP contribution in [0.2, 0.25) is 0 Å². The van der Waals surface area contributed by atoms with Gasteiger partial charge >= 0.3 is 0 Å². The van der Waals surface area contributed by atoms with Crippen molar-refractivity contribution >= 4 is 24.8 Å². The Morgan fingerprint density at radius 1 is 0.750 bits per heavy atom. The minimum Gasteiger partial charge on any atom is -0.330 e. The maximum absolute atomic E-state index is 5.25. The molecule has 0 rings (SSSR count). The van der Waals surface area contributed by atoms with Crippen molar-refractivity contribution in [1.82, 2.24) is 0 Å². The normalized spacial score (nSPS) is 9.17. The molecule has 12 heavy (non-hydrogen) atoms. The standard InChI is InChI=1S/C6H16N4.2ClH/c7-3-1-5-9-10-6-2-4-8;;/h1-8H2;2*1H. The fourth-order valence-electron chi connectivity index (χ4n) is 0.465. The van der Waals surface area contributed by atoms with Crippen LogP contribution in [0.3, 0.4) is 0 Å². The van der Waals surface area contributed by atoms with Gasteiger partial charge in [-0.2, -0.15) is 10.2 Å². The average molecular weight is 217 g/mol. The summed E-state index contributed by atoms with van der Waals surface area (Å²) in [6.07, 6.45) is 1.85. The summed E-state index contributed by atoms with van der Waals surface area (Å²) in [5.74, 6) is 0. The Morgan fingerprint density at radius 3 is 1.33 bits per heavy atom. The largest absolute Gasteiger partial charge is 0.330 e. The predicted molar refractivity (Wildman–Crippen MR) is 56.4 cm³/mol. The van der Waals surface area contributed by atoms with Crippen LogP contribution in [0.1, 0.15) is 12.8 Å². The summed E-state index contributed by atoms with van der Waals surface area (Å²) < 4.78 is 0. The van der Waals surface area contributed by atoms with Crippen molar-refractivity contribution in [3.63, 3.8) is 0 Å². The molecule has 0 fully saturated rings. The van der Waals surface area contributed by atoms with Gasteiger partial charge in [0.1, 0.15) is 0 Å². The zero-order valence-corrected chi connectivity index (χ0v) is 8.74. The quantitative estimate of drug-likeness (QED) is 0.514. The lowest BCUT2D eigenvalue weighted by molar-refractivity contribution is 0.746. The maximum Gasteiger partial charge on any atom is 0.0610 e. The molecule has 0 aliphatic rings. The molecule has 0 atom stereocenters. The van der Waals surface area contributed by atoms with Crippen LogP contribution in [-0.4, -0.2) is 26.2 Å². The second-order valence-electron chi connectivity index (χ2n) is 2.01. The molecule has 0 radical (unpaired) electrons. The van der Waals surface area contributed by atoms with Gasteiger partial charge in [-0.15, -0.1) is 24.8 Å². The van der Waals surface area contributed by atoms with Gasteiger partial charge in [0.25, 0.3) is 0 Å². The maximum atomic E-state index is 5.25. The van der Waals surface area contributed by atoms with Gasteiger partial charge in [-0.05, 0) is 25.9 Å². The Kier molecular flexibility index (Phi) is 25.9. The van der Waals surface area contributed by atoms with Gasteiger partial charge in [0.2, 0.25) is 0 Å². The van der Waals surface area contributed by atoms with E-state index in [1.165, 1.54) is 0 Å². The molecule has 0 heterocycles. The lowest BCUT2D eigenvalue weighted by atomic mass is 10.4. The SMILES string of the molecule is Cl.Cl.NCCCN=NCCCN. The zero-order chi connectivity index (χ0) is 7.66. The van der Waals surface area contributed by atoms with Gasteiger partial charge in [-0.1, -0.05) is 0 Å². The molecule has 4 N–H and O–H groups in total. The fraction of sp³-hybridized carbons (Fsp3) is 1.00. The predicted octanol–water partition coefficient (Wildman–Crippen LogP) is 0.980. The lowest BCUT2D eigenvalue weighted by Gasteiger charge is -1.89. The van der Waals surface area contributed by atoms with Gasteiger partial charge in [-0.25, -0.2) is 0 Å². The molecule has 0 unspecified atom stereocenters. The summed E-state index contributed by atoms with van der Waals surface area (Å²) in [7, 11) is 0. The fourth-order valence-corrected chi connectivity index (χ4v) is 0.465. The Labute approximate surface area is 86.0 Å². The smallest absolute Gasteiger partial charge is 0.0610 e. The first-order chi connectivity index (χ1) is 4.91. The molecule has 0 aliphatic carbocycles. The molecule has 76 valence electrons. The van der Waals surface area contributed by atoms with E-state index in [0.29, 0.717) is 13.1 Å². The van der Waals surface area contributed by atoms with Crippen LogP contribution < -0.4 is 11.5 Å². The van der Waals surface area contributed by atoms with E-state index in [0.717, 1.165) is 25.9 Å². The summed E-state index contributed by atoms with van der Waals surface area (Å²) in [6.45, 7) is 2.88. The van der Waals surface area contributed by atoms with Crippen LogP contribution in [0.25, 0.3) is 0 Å². The van der Waals surface area contributed by atoms with E-state index in [4.69, 9.17) is 11.5 Å². The molecule has 0 aromatic heterocycles. The number of halogens is 2. The van der Waals surface area contributed by atoms with Crippen LogP contribution in [0.5, 0.6) is 0 Å². The van der Waals surface area contributed by atoms with Gasteiger partial charge < -0.3 is 11.5 Å². The lowest BCUT2D eigenvalue weighted by Crippen LogP contribution is -2.01. The van der Waals surface area contributed by atoms with E-state index in [2.05, 4.69) is 10.2 Å². The monoisotopic (exact) mass is 216 g/mol. The summed E-state index contributed by atoms with van der Waals surface area (Å²) >= 11 is 0. The van der Waals surface area contributed by atoms with Crippen molar-refractivity contribution < 1.29 is 0 Å². The van der Waals surface area contributed by atoms with E-state index in [1.54, 1.807) is 0 Å². The van der Waals surface area contributed by atoms with Crippen molar-refractivity contribution in [2.75, 3.05) is 26.2 Å². The minimum atomic E-state index is 0. The van der Waals surface area contributed by atoms with Crippen LogP contribution in [-0.2, 0) is 0 Å². The summed E-state index contributed by atoms with van der Waals surface area (Å²) in [5, 5.41) is 7.78. The highest BCUT2D eigenvalue weighted by molar-refractivity contribution is 5.85. The van der Waals surface area contributed by atoms with Crippen molar-refractivity contribution in [2.24, 2.45) is 21.7 Å². The Bertz CT molecular complexity index is 79.6. The Balaban J connectivity index is -0.000000405. The number of hydrogen-bond acceptors (Lipinski definition) is 4. The van der Waals surface area contributed by atoms with Crippen molar-refractivity contribution in [3.8, 4) is 0 Å². The summed E-state index contributed by atoms with van der Waals surface area (Å²) in [4.78, 5) is 0. The Morgan fingerprint density at radius 2 is 1.08 bits per heavy atom. The number of nitrogens with zero attached hydrogens (tertiary/aromatic N) is 2. The first kappa shape index (κ1) is 18.0. The highest BCUT2D eigenvalue weighted by atomic mass is 35.5. The van der Waals surface area contributed by atoms with Crippen molar-refractivity contribution in [3.05, 3.63) is 0 Å². The first-order valence-corrected chi connectivity index (χ1v) is 3.65. The molecule has 0 bridgehead atoms. The zero-order valence-electron chi connectivity index (χ0n) is 7.11. The molecule has 4 nitrogen and oxygen atoms in total. The third-order valence-corrected chi connectivity index (χ3v) is 1.02. The average Bonchev–Trinajstić information content (AvgIpc) is 1.97. The second-order valence-corrected chi connectivity index (χ2v) is 2.01. The molecule has 0 saturated heterocycles. The van der Waals surface area contributed by atoms with Crippen LogP contribution in [0.4, 0.5) is 0 Å². The van der Waals surface area contributed by atoms with Gasteiger partial charge in [0.05, 0.1) is 13.1 Å². The third-order valence-electron chi connectivity index (χ3n) is 1.02. The van der Waals surface area contributed by atoms with Gasteiger partial charge in [0, 0.05) is 0 Å². The molecule has 0 spiro atoms. The summed E-state index contributed by atoms with van der Waals surface area (Å²) in [6, 6.07) is 0. The molecule has 0 aromatic rings. The highest BCUT2D eigenvalue weighted by Gasteiger charge is 1.80. The van der Waals surface area contributed by atoms with E-state index < -0.39 is 0 Å². The molecule has 0 aromatic carbocycles.